The second-order valence-corrected chi connectivity index (χ2v) is 4.74. The van der Waals surface area contributed by atoms with Crippen LogP contribution in [0.5, 0.6) is 0 Å². The van der Waals surface area contributed by atoms with E-state index >= 15 is 0 Å². The molecule has 0 saturated carbocycles. The molecule has 0 aliphatic carbocycles. The van der Waals surface area contributed by atoms with Crippen LogP contribution in [0.1, 0.15) is 34.8 Å². The third-order valence-corrected chi connectivity index (χ3v) is 2.70. The summed E-state index contributed by atoms with van der Waals surface area (Å²) in [5.41, 5.74) is 2.91. The molecular formula is C14H21NO2. The lowest BCUT2D eigenvalue weighted by Gasteiger charge is -2.18. The Hall–Kier alpha value is -1.35. The van der Waals surface area contributed by atoms with Crippen molar-refractivity contribution in [2.45, 2.75) is 33.3 Å². The number of hydrogen-bond acceptors (Lipinski definition) is 2. The maximum atomic E-state index is 12.1. The normalized spacial score (nSPS) is 12.3. The van der Waals surface area contributed by atoms with E-state index in [0.29, 0.717) is 13.0 Å². The molecule has 1 atom stereocenters. The molecule has 94 valence electrons. The SMILES string of the molecule is Cc1cc(C)cc(C(=O)N(C)CCC(C)O)c1. The molecule has 3 nitrogen and oxygen atoms in total. The quantitative estimate of drug-likeness (QED) is 0.868. The van der Waals surface area contributed by atoms with Gasteiger partial charge in [0.2, 0.25) is 0 Å². The highest BCUT2D eigenvalue weighted by atomic mass is 16.3. The number of aliphatic hydroxyl groups excluding tert-OH is 1. The van der Waals surface area contributed by atoms with Gasteiger partial charge in [0.05, 0.1) is 6.10 Å². The molecule has 1 rings (SSSR count). The molecule has 1 amide bonds. The fraction of sp³-hybridized carbons (Fsp3) is 0.500. The first-order chi connectivity index (χ1) is 7.90. The maximum Gasteiger partial charge on any atom is 0.253 e. The summed E-state index contributed by atoms with van der Waals surface area (Å²) in [6.45, 7) is 6.28. The predicted octanol–water partition coefficient (Wildman–Crippen LogP) is 2.15. The van der Waals surface area contributed by atoms with Gasteiger partial charge in [-0.3, -0.25) is 4.79 Å². The highest BCUT2D eigenvalue weighted by Gasteiger charge is 2.12. The van der Waals surface area contributed by atoms with Crippen molar-refractivity contribution in [2.24, 2.45) is 0 Å². The fourth-order valence-electron chi connectivity index (χ4n) is 1.80. The van der Waals surface area contributed by atoms with Gasteiger partial charge in [-0.05, 0) is 39.3 Å². The number of carbonyl (C=O) groups excluding carboxylic acids is 1. The van der Waals surface area contributed by atoms with Gasteiger partial charge >= 0.3 is 0 Å². The molecule has 17 heavy (non-hydrogen) atoms. The number of benzene rings is 1. The molecular weight excluding hydrogens is 214 g/mol. The van der Waals surface area contributed by atoms with Crippen LogP contribution in [0.4, 0.5) is 0 Å². The van der Waals surface area contributed by atoms with Crippen molar-refractivity contribution in [1.29, 1.82) is 0 Å². The summed E-state index contributed by atoms with van der Waals surface area (Å²) in [6, 6.07) is 5.84. The molecule has 0 aromatic heterocycles. The smallest absolute Gasteiger partial charge is 0.253 e. The minimum absolute atomic E-state index is 0.0115. The Morgan fingerprint density at radius 1 is 1.29 bits per heavy atom. The Morgan fingerprint density at radius 2 is 1.82 bits per heavy atom. The molecule has 0 heterocycles. The monoisotopic (exact) mass is 235 g/mol. The largest absolute Gasteiger partial charge is 0.393 e. The van der Waals surface area contributed by atoms with Crippen LogP contribution in [0, 0.1) is 13.8 Å². The summed E-state index contributed by atoms with van der Waals surface area (Å²) < 4.78 is 0. The van der Waals surface area contributed by atoms with Crippen molar-refractivity contribution in [3.05, 3.63) is 34.9 Å². The molecule has 0 spiro atoms. The van der Waals surface area contributed by atoms with Crippen LogP contribution in [-0.4, -0.2) is 35.6 Å². The Morgan fingerprint density at radius 3 is 2.29 bits per heavy atom. The van der Waals surface area contributed by atoms with Crippen molar-refractivity contribution in [2.75, 3.05) is 13.6 Å². The number of aryl methyl sites for hydroxylation is 2. The summed E-state index contributed by atoms with van der Waals surface area (Å²) in [4.78, 5) is 13.8. The van der Waals surface area contributed by atoms with Gasteiger partial charge in [0, 0.05) is 19.2 Å². The average molecular weight is 235 g/mol. The number of rotatable bonds is 4. The number of aliphatic hydroxyl groups is 1. The second-order valence-electron chi connectivity index (χ2n) is 4.74. The lowest BCUT2D eigenvalue weighted by atomic mass is 10.1. The van der Waals surface area contributed by atoms with Gasteiger partial charge in [0.25, 0.3) is 5.91 Å². The van der Waals surface area contributed by atoms with Crippen LogP contribution in [0.2, 0.25) is 0 Å². The van der Waals surface area contributed by atoms with E-state index in [9.17, 15) is 9.90 Å². The van der Waals surface area contributed by atoms with Gasteiger partial charge in [-0.1, -0.05) is 17.2 Å². The zero-order valence-corrected chi connectivity index (χ0v) is 11.0. The molecule has 0 fully saturated rings. The van der Waals surface area contributed by atoms with Crippen LogP contribution in [-0.2, 0) is 0 Å². The third-order valence-electron chi connectivity index (χ3n) is 2.70. The van der Waals surface area contributed by atoms with Crippen LogP contribution < -0.4 is 0 Å². The van der Waals surface area contributed by atoms with Crippen molar-refractivity contribution >= 4 is 5.91 Å². The number of hydrogen-bond donors (Lipinski definition) is 1. The molecule has 1 aromatic rings. The summed E-state index contributed by atoms with van der Waals surface area (Å²) in [6.07, 6.45) is 0.233. The van der Waals surface area contributed by atoms with Crippen LogP contribution in [0.15, 0.2) is 18.2 Å². The maximum absolute atomic E-state index is 12.1. The van der Waals surface area contributed by atoms with Gasteiger partial charge in [-0.25, -0.2) is 0 Å². The first kappa shape index (κ1) is 13.7. The summed E-state index contributed by atoms with van der Waals surface area (Å²) >= 11 is 0. The van der Waals surface area contributed by atoms with E-state index in [1.54, 1.807) is 18.9 Å². The molecule has 1 N–H and O–H groups in total. The number of nitrogens with zero attached hydrogens (tertiary/aromatic N) is 1. The Balaban J connectivity index is 2.74. The molecule has 0 bridgehead atoms. The van der Waals surface area contributed by atoms with Crippen LogP contribution in [0.25, 0.3) is 0 Å². The Kier molecular flexibility index (Phi) is 4.70. The molecule has 1 unspecified atom stereocenters. The third kappa shape index (κ3) is 4.19. The molecule has 0 radical (unpaired) electrons. The minimum Gasteiger partial charge on any atom is -0.393 e. The van der Waals surface area contributed by atoms with E-state index in [1.165, 1.54) is 0 Å². The number of carbonyl (C=O) groups is 1. The molecule has 3 heteroatoms. The summed E-state index contributed by atoms with van der Waals surface area (Å²) in [7, 11) is 1.77. The van der Waals surface area contributed by atoms with E-state index < -0.39 is 0 Å². The van der Waals surface area contributed by atoms with E-state index in [4.69, 9.17) is 0 Å². The van der Waals surface area contributed by atoms with Crippen LogP contribution >= 0.6 is 0 Å². The van der Waals surface area contributed by atoms with Crippen molar-refractivity contribution in [3.63, 3.8) is 0 Å². The van der Waals surface area contributed by atoms with E-state index in [-0.39, 0.29) is 12.0 Å². The molecule has 0 aliphatic heterocycles. The highest BCUT2D eigenvalue weighted by molar-refractivity contribution is 5.94. The zero-order valence-electron chi connectivity index (χ0n) is 11.0. The summed E-state index contributed by atoms with van der Waals surface area (Å²) in [5, 5.41) is 9.20. The van der Waals surface area contributed by atoms with E-state index in [1.807, 2.05) is 32.0 Å². The van der Waals surface area contributed by atoms with E-state index in [0.717, 1.165) is 16.7 Å². The predicted molar refractivity (Wildman–Crippen MR) is 69.2 cm³/mol. The Labute approximate surface area is 103 Å². The van der Waals surface area contributed by atoms with Crippen molar-refractivity contribution < 1.29 is 9.90 Å². The standard InChI is InChI=1S/C14H21NO2/c1-10-7-11(2)9-13(8-10)14(17)15(4)6-5-12(3)16/h7-9,12,16H,5-6H2,1-4H3. The highest BCUT2D eigenvalue weighted by Crippen LogP contribution is 2.11. The summed E-state index contributed by atoms with van der Waals surface area (Å²) in [5.74, 6) is 0.0115. The van der Waals surface area contributed by atoms with Gasteiger partial charge in [-0.15, -0.1) is 0 Å². The lowest BCUT2D eigenvalue weighted by molar-refractivity contribution is 0.0769. The Bertz CT molecular complexity index is 379. The molecule has 0 saturated heterocycles. The van der Waals surface area contributed by atoms with Gasteiger partial charge < -0.3 is 10.0 Å². The van der Waals surface area contributed by atoms with Gasteiger partial charge in [0.15, 0.2) is 0 Å². The second kappa shape index (κ2) is 5.82. The number of amides is 1. The minimum atomic E-state index is -0.371. The zero-order chi connectivity index (χ0) is 13.0. The first-order valence-corrected chi connectivity index (χ1v) is 5.92. The first-order valence-electron chi connectivity index (χ1n) is 5.92. The van der Waals surface area contributed by atoms with E-state index in [2.05, 4.69) is 0 Å². The van der Waals surface area contributed by atoms with Gasteiger partial charge in [0.1, 0.15) is 0 Å². The van der Waals surface area contributed by atoms with Crippen molar-refractivity contribution in [1.82, 2.24) is 4.90 Å². The topological polar surface area (TPSA) is 40.5 Å². The molecule has 0 aliphatic rings. The van der Waals surface area contributed by atoms with Crippen molar-refractivity contribution in [3.8, 4) is 0 Å². The van der Waals surface area contributed by atoms with Gasteiger partial charge in [-0.2, -0.15) is 0 Å². The molecule has 1 aromatic carbocycles. The fourth-order valence-corrected chi connectivity index (χ4v) is 1.80. The average Bonchev–Trinajstić information content (AvgIpc) is 2.23. The lowest BCUT2D eigenvalue weighted by Crippen LogP contribution is -2.29. The van der Waals surface area contributed by atoms with Crippen LogP contribution in [0.3, 0.4) is 0 Å².